The molecule has 0 aliphatic carbocycles. The third-order valence-electron chi connectivity index (χ3n) is 5.46. The highest BCUT2D eigenvalue weighted by atomic mass is 32.1. The number of nitrogens with zero attached hydrogens (tertiary/aromatic N) is 2. The highest BCUT2D eigenvalue weighted by Crippen LogP contribution is 2.43. The zero-order valence-electron chi connectivity index (χ0n) is 15.3. The number of hydrogen-bond donors (Lipinski definition) is 1. The molecule has 1 fully saturated rings. The van der Waals surface area contributed by atoms with Gasteiger partial charge in [-0.05, 0) is 49.4 Å². The van der Waals surface area contributed by atoms with E-state index in [-0.39, 0.29) is 24.3 Å². The Labute approximate surface area is 161 Å². The van der Waals surface area contributed by atoms with Gasteiger partial charge in [-0.3, -0.25) is 19.3 Å². The molecule has 0 radical (unpaired) electrons. The van der Waals surface area contributed by atoms with E-state index in [1.54, 1.807) is 34.4 Å². The van der Waals surface area contributed by atoms with Gasteiger partial charge in [0.1, 0.15) is 12.2 Å². The number of fused-ring (bicyclic) bond motifs is 3. The fourth-order valence-electron chi connectivity index (χ4n) is 3.90. The van der Waals surface area contributed by atoms with E-state index in [1.807, 2.05) is 31.4 Å². The van der Waals surface area contributed by atoms with Crippen molar-refractivity contribution in [3.8, 4) is 0 Å². The minimum atomic E-state index is -0.807. The zero-order valence-corrected chi connectivity index (χ0v) is 16.1. The number of anilines is 1. The van der Waals surface area contributed by atoms with Gasteiger partial charge in [0.15, 0.2) is 0 Å². The van der Waals surface area contributed by atoms with Crippen molar-refractivity contribution in [2.75, 3.05) is 11.4 Å². The Hall–Kier alpha value is -2.67. The topological polar surface area (TPSA) is 69.7 Å². The Bertz CT molecular complexity index is 938. The van der Waals surface area contributed by atoms with Gasteiger partial charge in [-0.1, -0.05) is 12.1 Å². The summed E-state index contributed by atoms with van der Waals surface area (Å²) in [6.45, 7) is 4.24. The molecule has 2 aliphatic heterocycles. The maximum absolute atomic E-state index is 13.1. The SMILES string of the molecule is Cc1ccsc1CNC(=O)CN1C(=O)c2ccccc2N2C(=O)CCC12C. The summed E-state index contributed by atoms with van der Waals surface area (Å²) in [6.07, 6.45) is 0.883. The van der Waals surface area contributed by atoms with Crippen molar-refractivity contribution in [3.05, 3.63) is 51.7 Å². The first kappa shape index (κ1) is 17.7. The lowest BCUT2D eigenvalue weighted by Gasteiger charge is -2.48. The van der Waals surface area contributed by atoms with E-state index in [1.165, 1.54) is 4.90 Å². The van der Waals surface area contributed by atoms with Crippen LogP contribution < -0.4 is 10.2 Å². The van der Waals surface area contributed by atoms with Crippen molar-refractivity contribution in [2.45, 2.75) is 38.9 Å². The molecule has 3 heterocycles. The van der Waals surface area contributed by atoms with E-state index in [4.69, 9.17) is 0 Å². The number of benzene rings is 1. The number of thiophene rings is 1. The Morgan fingerprint density at radius 1 is 1.26 bits per heavy atom. The predicted molar refractivity (Wildman–Crippen MR) is 104 cm³/mol. The Balaban J connectivity index is 1.58. The van der Waals surface area contributed by atoms with Gasteiger partial charge in [-0.15, -0.1) is 11.3 Å². The lowest BCUT2D eigenvalue weighted by atomic mass is 9.98. The molecule has 4 rings (SSSR count). The first-order chi connectivity index (χ1) is 12.9. The van der Waals surface area contributed by atoms with E-state index in [0.717, 1.165) is 10.4 Å². The second-order valence-corrected chi connectivity index (χ2v) is 8.16. The molecule has 2 aliphatic rings. The first-order valence-electron chi connectivity index (χ1n) is 8.95. The van der Waals surface area contributed by atoms with Gasteiger partial charge in [0, 0.05) is 11.3 Å². The molecule has 27 heavy (non-hydrogen) atoms. The molecule has 3 amide bonds. The van der Waals surface area contributed by atoms with Crippen molar-refractivity contribution >= 4 is 34.7 Å². The number of carbonyl (C=O) groups excluding carboxylic acids is 3. The highest BCUT2D eigenvalue weighted by Gasteiger charge is 2.53. The summed E-state index contributed by atoms with van der Waals surface area (Å²) in [5.41, 5.74) is 1.44. The number of carbonyl (C=O) groups is 3. The molecule has 1 saturated heterocycles. The summed E-state index contributed by atoms with van der Waals surface area (Å²) < 4.78 is 0. The zero-order chi connectivity index (χ0) is 19.2. The molecule has 0 bridgehead atoms. The monoisotopic (exact) mass is 383 g/mol. The number of para-hydroxylation sites is 1. The molecule has 0 saturated carbocycles. The summed E-state index contributed by atoms with van der Waals surface area (Å²) in [7, 11) is 0. The maximum Gasteiger partial charge on any atom is 0.258 e. The second kappa shape index (κ2) is 6.49. The van der Waals surface area contributed by atoms with Crippen molar-refractivity contribution < 1.29 is 14.4 Å². The average Bonchev–Trinajstić information content (AvgIpc) is 3.20. The quantitative estimate of drug-likeness (QED) is 0.883. The summed E-state index contributed by atoms with van der Waals surface area (Å²) in [5.74, 6) is -0.449. The molecule has 1 unspecified atom stereocenters. The van der Waals surface area contributed by atoms with Gasteiger partial charge in [-0.25, -0.2) is 0 Å². The van der Waals surface area contributed by atoms with Gasteiger partial charge < -0.3 is 10.2 Å². The lowest BCUT2D eigenvalue weighted by molar-refractivity contribution is -0.124. The standard InChI is InChI=1S/C20H21N3O3S/c1-13-8-10-27-16(13)11-21-17(24)12-22-19(26)14-5-3-4-6-15(14)23-18(25)7-9-20(22,23)2/h3-6,8,10H,7,9,11-12H2,1-2H3,(H,21,24). The molecule has 2 aromatic rings. The first-order valence-corrected chi connectivity index (χ1v) is 9.83. The molecule has 6 nitrogen and oxygen atoms in total. The van der Waals surface area contributed by atoms with Gasteiger partial charge in [0.05, 0.1) is 17.8 Å². The Kier molecular flexibility index (Phi) is 4.26. The van der Waals surface area contributed by atoms with Gasteiger partial charge in [0.2, 0.25) is 11.8 Å². The van der Waals surface area contributed by atoms with Crippen molar-refractivity contribution in [1.82, 2.24) is 10.2 Å². The molecular weight excluding hydrogens is 362 g/mol. The van der Waals surface area contributed by atoms with Crippen LogP contribution in [0.5, 0.6) is 0 Å². The van der Waals surface area contributed by atoms with Crippen LogP contribution in [0.25, 0.3) is 0 Å². The van der Waals surface area contributed by atoms with Crippen molar-refractivity contribution in [1.29, 1.82) is 0 Å². The van der Waals surface area contributed by atoms with Crippen LogP contribution in [0, 0.1) is 6.92 Å². The van der Waals surface area contributed by atoms with Crippen LogP contribution in [-0.2, 0) is 16.1 Å². The summed E-state index contributed by atoms with van der Waals surface area (Å²) in [4.78, 5) is 42.5. The van der Waals surface area contributed by atoms with E-state index >= 15 is 0 Å². The third-order valence-corrected chi connectivity index (χ3v) is 6.48. The summed E-state index contributed by atoms with van der Waals surface area (Å²) in [5, 5.41) is 4.89. The van der Waals surface area contributed by atoms with Crippen LogP contribution in [0.2, 0.25) is 0 Å². The van der Waals surface area contributed by atoms with E-state index in [0.29, 0.717) is 30.6 Å². The smallest absolute Gasteiger partial charge is 0.258 e. The van der Waals surface area contributed by atoms with Gasteiger partial charge >= 0.3 is 0 Å². The molecule has 140 valence electrons. The van der Waals surface area contributed by atoms with E-state index < -0.39 is 5.66 Å². The van der Waals surface area contributed by atoms with Crippen LogP contribution in [0.3, 0.4) is 0 Å². The summed E-state index contributed by atoms with van der Waals surface area (Å²) in [6, 6.07) is 9.12. The predicted octanol–water partition coefficient (Wildman–Crippen LogP) is 2.67. The fourth-order valence-corrected chi connectivity index (χ4v) is 4.75. The number of amides is 3. The fraction of sp³-hybridized carbons (Fsp3) is 0.350. The van der Waals surface area contributed by atoms with Crippen LogP contribution in [0.1, 0.15) is 40.6 Å². The highest BCUT2D eigenvalue weighted by molar-refractivity contribution is 7.10. The van der Waals surface area contributed by atoms with Crippen LogP contribution in [0.4, 0.5) is 5.69 Å². The molecule has 1 aromatic carbocycles. The largest absolute Gasteiger partial charge is 0.350 e. The number of nitrogens with one attached hydrogen (secondary N) is 1. The second-order valence-electron chi connectivity index (χ2n) is 7.16. The van der Waals surface area contributed by atoms with Crippen LogP contribution in [0.15, 0.2) is 35.7 Å². The minimum absolute atomic E-state index is 0.0166. The van der Waals surface area contributed by atoms with Crippen molar-refractivity contribution in [2.24, 2.45) is 0 Å². The average molecular weight is 383 g/mol. The number of hydrogen-bond acceptors (Lipinski definition) is 4. The molecule has 0 spiro atoms. The molecular formula is C20H21N3O3S. The van der Waals surface area contributed by atoms with Crippen molar-refractivity contribution in [3.63, 3.8) is 0 Å². The van der Waals surface area contributed by atoms with Gasteiger partial charge in [-0.2, -0.15) is 0 Å². The summed E-state index contributed by atoms with van der Waals surface area (Å²) >= 11 is 1.60. The van der Waals surface area contributed by atoms with E-state index in [2.05, 4.69) is 5.32 Å². The maximum atomic E-state index is 13.1. The molecule has 1 aromatic heterocycles. The molecule has 1 atom stereocenters. The number of rotatable bonds is 4. The van der Waals surface area contributed by atoms with E-state index in [9.17, 15) is 14.4 Å². The van der Waals surface area contributed by atoms with Gasteiger partial charge in [0.25, 0.3) is 5.91 Å². The molecule has 1 N–H and O–H groups in total. The number of aryl methyl sites for hydroxylation is 1. The Morgan fingerprint density at radius 3 is 2.78 bits per heavy atom. The third kappa shape index (κ3) is 2.82. The lowest BCUT2D eigenvalue weighted by Crippen LogP contribution is -2.63. The minimum Gasteiger partial charge on any atom is -0.350 e. The van der Waals surface area contributed by atoms with Crippen LogP contribution in [-0.4, -0.2) is 34.8 Å². The van der Waals surface area contributed by atoms with Crippen LogP contribution >= 0.6 is 11.3 Å². The molecule has 7 heteroatoms. The Morgan fingerprint density at radius 2 is 2.04 bits per heavy atom. The normalized spacial score (nSPS) is 21.3.